The van der Waals surface area contributed by atoms with Crippen molar-refractivity contribution in [2.45, 2.75) is 20.0 Å². The molecule has 0 radical (unpaired) electrons. The van der Waals surface area contributed by atoms with E-state index < -0.39 is 0 Å². The van der Waals surface area contributed by atoms with Crippen LogP contribution in [-0.2, 0) is 13.1 Å². The highest BCUT2D eigenvalue weighted by Crippen LogP contribution is 2.19. The number of thiazole rings is 1. The van der Waals surface area contributed by atoms with Crippen molar-refractivity contribution in [2.75, 3.05) is 5.32 Å². The van der Waals surface area contributed by atoms with Gasteiger partial charge in [-0.1, -0.05) is 11.6 Å². The minimum Gasteiger partial charge on any atom is -0.377 e. The van der Waals surface area contributed by atoms with Crippen LogP contribution in [0.2, 0.25) is 4.34 Å². The molecule has 2 aromatic rings. The van der Waals surface area contributed by atoms with Crippen molar-refractivity contribution in [1.82, 2.24) is 9.55 Å². The fourth-order valence-electron chi connectivity index (χ4n) is 1.43. The second-order valence-corrected chi connectivity index (χ2v) is 5.20. The molecule has 0 aromatic carbocycles. The third kappa shape index (κ3) is 3.08. The summed E-state index contributed by atoms with van der Waals surface area (Å²) in [4.78, 5) is 15.5. The van der Waals surface area contributed by atoms with Crippen LogP contribution in [0.1, 0.15) is 11.9 Å². The Morgan fingerprint density at radius 1 is 1.53 bits per heavy atom. The van der Waals surface area contributed by atoms with Gasteiger partial charge in [0, 0.05) is 18.8 Å². The summed E-state index contributed by atoms with van der Waals surface area (Å²) in [6.45, 7) is 3.21. The van der Waals surface area contributed by atoms with Crippen LogP contribution in [0.5, 0.6) is 0 Å². The van der Waals surface area contributed by atoms with Gasteiger partial charge in [-0.2, -0.15) is 0 Å². The number of hydrogen-bond donors (Lipinski definition) is 1. The SMILES string of the molecule is CCn1cc(NCc2ncc(Cl)s2)ccc1=O. The van der Waals surface area contributed by atoms with Crippen LogP contribution in [0.3, 0.4) is 0 Å². The number of nitrogens with one attached hydrogen (secondary N) is 1. The Balaban J connectivity index is 2.06. The largest absolute Gasteiger partial charge is 0.377 e. The van der Waals surface area contributed by atoms with Gasteiger partial charge in [0.1, 0.15) is 9.34 Å². The summed E-state index contributed by atoms with van der Waals surface area (Å²) < 4.78 is 2.33. The Morgan fingerprint density at radius 2 is 2.35 bits per heavy atom. The highest BCUT2D eigenvalue weighted by Gasteiger charge is 2.01. The van der Waals surface area contributed by atoms with E-state index in [0.717, 1.165) is 10.7 Å². The lowest BCUT2D eigenvalue weighted by atomic mass is 10.4. The average Bonchev–Trinajstić information content (AvgIpc) is 2.74. The third-order valence-electron chi connectivity index (χ3n) is 2.29. The molecule has 4 nitrogen and oxygen atoms in total. The minimum absolute atomic E-state index is 0.00958. The molecule has 2 aromatic heterocycles. The summed E-state index contributed by atoms with van der Waals surface area (Å²) >= 11 is 7.24. The summed E-state index contributed by atoms with van der Waals surface area (Å²) in [7, 11) is 0. The molecule has 0 aliphatic heterocycles. The van der Waals surface area contributed by atoms with E-state index >= 15 is 0 Å². The molecule has 0 bridgehead atoms. The maximum absolute atomic E-state index is 11.4. The predicted molar refractivity (Wildman–Crippen MR) is 70.8 cm³/mol. The van der Waals surface area contributed by atoms with E-state index in [4.69, 9.17) is 11.6 Å². The van der Waals surface area contributed by atoms with E-state index in [1.165, 1.54) is 11.3 Å². The van der Waals surface area contributed by atoms with Gasteiger partial charge in [-0.3, -0.25) is 4.79 Å². The summed E-state index contributed by atoms with van der Waals surface area (Å²) in [6.07, 6.45) is 3.44. The molecule has 0 unspecified atom stereocenters. The zero-order chi connectivity index (χ0) is 12.3. The van der Waals surface area contributed by atoms with Crippen LogP contribution in [0.25, 0.3) is 0 Å². The molecule has 90 valence electrons. The maximum Gasteiger partial charge on any atom is 0.250 e. The van der Waals surface area contributed by atoms with Crippen LogP contribution in [0.4, 0.5) is 5.69 Å². The first-order valence-corrected chi connectivity index (χ1v) is 6.43. The molecule has 0 saturated heterocycles. The number of aryl methyl sites for hydroxylation is 1. The molecule has 1 N–H and O–H groups in total. The van der Waals surface area contributed by atoms with Crippen LogP contribution in [-0.4, -0.2) is 9.55 Å². The molecule has 0 atom stereocenters. The zero-order valence-corrected chi connectivity index (χ0v) is 10.9. The van der Waals surface area contributed by atoms with Crippen molar-refractivity contribution in [1.29, 1.82) is 0 Å². The first-order chi connectivity index (χ1) is 8.19. The van der Waals surface area contributed by atoms with E-state index in [1.807, 2.05) is 6.92 Å². The average molecular weight is 270 g/mol. The van der Waals surface area contributed by atoms with Crippen molar-refractivity contribution in [2.24, 2.45) is 0 Å². The number of anilines is 1. The van der Waals surface area contributed by atoms with Gasteiger partial charge in [0.2, 0.25) is 0 Å². The van der Waals surface area contributed by atoms with Gasteiger partial charge in [-0.25, -0.2) is 4.98 Å². The first kappa shape index (κ1) is 12.1. The van der Waals surface area contributed by atoms with Crippen molar-refractivity contribution in [3.8, 4) is 0 Å². The smallest absolute Gasteiger partial charge is 0.250 e. The number of nitrogens with zero attached hydrogens (tertiary/aromatic N) is 2. The van der Waals surface area contributed by atoms with E-state index in [0.29, 0.717) is 17.4 Å². The molecule has 2 rings (SSSR count). The fourth-order valence-corrected chi connectivity index (χ4v) is 2.33. The van der Waals surface area contributed by atoms with Crippen LogP contribution in [0, 0.1) is 0 Å². The second-order valence-electron chi connectivity index (χ2n) is 3.45. The standard InChI is InChI=1S/C11H12ClN3OS/c1-2-15-7-8(3-4-11(15)16)13-6-10-14-5-9(12)17-10/h3-5,7,13H,2,6H2,1H3. The van der Waals surface area contributed by atoms with Crippen LogP contribution >= 0.6 is 22.9 Å². The normalized spacial score (nSPS) is 10.5. The van der Waals surface area contributed by atoms with Gasteiger partial charge in [0.25, 0.3) is 5.56 Å². The predicted octanol–water partition coefficient (Wildman–Crippen LogP) is 2.59. The van der Waals surface area contributed by atoms with Gasteiger partial charge in [0.05, 0.1) is 18.4 Å². The van der Waals surface area contributed by atoms with E-state index in [1.54, 1.807) is 29.1 Å². The molecule has 0 aliphatic carbocycles. The summed E-state index contributed by atoms with van der Waals surface area (Å²) in [5, 5.41) is 4.13. The number of hydrogen-bond acceptors (Lipinski definition) is 4. The van der Waals surface area contributed by atoms with Gasteiger partial charge in [-0.05, 0) is 13.0 Å². The fraction of sp³-hybridized carbons (Fsp3) is 0.273. The molecule has 0 fully saturated rings. The molecule has 0 spiro atoms. The van der Waals surface area contributed by atoms with E-state index in [2.05, 4.69) is 10.3 Å². The highest BCUT2D eigenvalue weighted by atomic mass is 35.5. The van der Waals surface area contributed by atoms with E-state index in [9.17, 15) is 4.79 Å². The lowest BCUT2D eigenvalue weighted by molar-refractivity contribution is 0.727. The molecule has 0 aliphatic rings. The van der Waals surface area contributed by atoms with Crippen molar-refractivity contribution < 1.29 is 0 Å². The number of halogens is 1. The Bertz CT molecular complexity index is 564. The Morgan fingerprint density at radius 3 is 3.00 bits per heavy atom. The van der Waals surface area contributed by atoms with Gasteiger partial charge >= 0.3 is 0 Å². The monoisotopic (exact) mass is 269 g/mol. The Labute approximate surface area is 108 Å². The summed E-state index contributed by atoms with van der Waals surface area (Å²) in [6, 6.07) is 3.32. The third-order valence-corrected chi connectivity index (χ3v) is 3.41. The quantitative estimate of drug-likeness (QED) is 0.928. The van der Waals surface area contributed by atoms with E-state index in [-0.39, 0.29) is 5.56 Å². The molecule has 17 heavy (non-hydrogen) atoms. The first-order valence-electron chi connectivity index (χ1n) is 5.23. The van der Waals surface area contributed by atoms with Crippen LogP contribution < -0.4 is 10.9 Å². The van der Waals surface area contributed by atoms with Gasteiger partial charge in [0.15, 0.2) is 0 Å². The second kappa shape index (κ2) is 5.33. The number of pyridine rings is 1. The van der Waals surface area contributed by atoms with Crippen molar-refractivity contribution in [3.63, 3.8) is 0 Å². The molecule has 6 heteroatoms. The number of rotatable bonds is 4. The van der Waals surface area contributed by atoms with Crippen molar-refractivity contribution in [3.05, 3.63) is 44.2 Å². The number of aromatic nitrogens is 2. The molecular weight excluding hydrogens is 258 g/mol. The van der Waals surface area contributed by atoms with Gasteiger partial charge in [-0.15, -0.1) is 11.3 Å². The lowest BCUT2D eigenvalue weighted by Gasteiger charge is -2.07. The van der Waals surface area contributed by atoms with Gasteiger partial charge < -0.3 is 9.88 Å². The summed E-state index contributed by atoms with van der Waals surface area (Å²) in [5.74, 6) is 0. The Kier molecular flexibility index (Phi) is 3.81. The Hall–Kier alpha value is -1.33. The zero-order valence-electron chi connectivity index (χ0n) is 9.31. The summed E-state index contributed by atoms with van der Waals surface area (Å²) in [5.41, 5.74) is 0.910. The topological polar surface area (TPSA) is 46.9 Å². The van der Waals surface area contributed by atoms with Crippen LogP contribution in [0.15, 0.2) is 29.3 Å². The van der Waals surface area contributed by atoms with Crippen molar-refractivity contribution >= 4 is 28.6 Å². The molecule has 0 saturated carbocycles. The molecule has 2 heterocycles. The molecule has 0 amide bonds. The minimum atomic E-state index is 0.00958. The highest BCUT2D eigenvalue weighted by molar-refractivity contribution is 7.15. The maximum atomic E-state index is 11.4. The molecular formula is C11H12ClN3OS. The lowest BCUT2D eigenvalue weighted by Crippen LogP contribution is -2.17.